The van der Waals surface area contributed by atoms with Crippen LogP contribution in [0.5, 0.6) is 11.5 Å². The van der Waals surface area contributed by atoms with E-state index in [1.54, 1.807) is 0 Å². The fourth-order valence-corrected chi connectivity index (χ4v) is 2.41. The van der Waals surface area contributed by atoms with Crippen molar-refractivity contribution in [2.45, 2.75) is 5.75 Å². The minimum absolute atomic E-state index is 0.0518. The van der Waals surface area contributed by atoms with Gasteiger partial charge in [-0.3, -0.25) is 0 Å². The molecular formula is C9H8ClFO4S. The van der Waals surface area contributed by atoms with Crippen molar-refractivity contribution < 1.29 is 22.3 Å². The molecule has 88 valence electrons. The smallest absolute Gasteiger partial charge is 0.236 e. The molecule has 0 atom stereocenters. The van der Waals surface area contributed by atoms with E-state index in [9.17, 15) is 12.8 Å². The van der Waals surface area contributed by atoms with Gasteiger partial charge in [0, 0.05) is 16.2 Å². The summed E-state index contributed by atoms with van der Waals surface area (Å²) in [5, 5.41) is 0. The predicted molar refractivity (Wildman–Crippen MR) is 55.9 cm³/mol. The van der Waals surface area contributed by atoms with Crippen LogP contribution in [-0.2, 0) is 14.8 Å². The van der Waals surface area contributed by atoms with E-state index < -0.39 is 20.6 Å². The predicted octanol–water partition coefficient (Wildman–Crippen LogP) is 1.67. The maximum Gasteiger partial charge on any atom is 0.236 e. The van der Waals surface area contributed by atoms with Gasteiger partial charge in [-0.2, -0.15) is 0 Å². The van der Waals surface area contributed by atoms with E-state index in [1.807, 2.05) is 0 Å². The molecule has 4 nitrogen and oxygen atoms in total. The van der Waals surface area contributed by atoms with Crippen molar-refractivity contribution in [3.63, 3.8) is 0 Å². The highest BCUT2D eigenvalue weighted by molar-refractivity contribution is 8.13. The van der Waals surface area contributed by atoms with Gasteiger partial charge in [-0.15, -0.1) is 0 Å². The van der Waals surface area contributed by atoms with Gasteiger partial charge in [-0.05, 0) is 6.07 Å². The van der Waals surface area contributed by atoms with Gasteiger partial charge in [0.25, 0.3) is 0 Å². The van der Waals surface area contributed by atoms with Crippen molar-refractivity contribution in [2.75, 3.05) is 13.2 Å². The summed E-state index contributed by atoms with van der Waals surface area (Å²) in [4.78, 5) is 0. The number of benzene rings is 1. The third-order valence-electron chi connectivity index (χ3n) is 2.05. The average Bonchev–Trinajstić information content (AvgIpc) is 2.21. The lowest BCUT2D eigenvalue weighted by atomic mass is 10.2. The van der Waals surface area contributed by atoms with E-state index >= 15 is 0 Å². The minimum Gasteiger partial charge on any atom is -0.486 e. The average molecular weight is 267 g/mol. The molecule has 1 aromatic rings. The van der Waals surface area contributed by atoms with E-state index in [2.05, 4.69) is 0 Å². The maximum absolute atomic E-state index is 13.3. The molecule has 0 saturated heterocycles. The monoisotopic (exact) mass is 266 g/mol. The zero-order valence-corrected chi connectivity index (χ0v) is 9.65. The molecular weight excluding hydrogens is 259 g/mol. The Hall–Kier alpha value is -1.01. The largest absolute Gasteiger partial charge is 0.486 e. The first-order chi connectivity index (χ1) is 7.47. The molecule has 0 radical (unpaired) electrons. The summed E-state index contributed by atoms with van der Waals surface area (Å²) in [7, 11) is 1.42. The lowest BCUT2D eigenvalue weighted by Gasteiger charge is -2.21. The number of ether oxygens (including phenoxy) is 2. The van der Waals surface area contributed by atoms with Gasteiger partial charge in [0.05, 0.1) is 5.75 Å². The van der Waals surface area contributed by atoms with Crippen molar-refractivity contribution in [3.05, 3.63) is 23.5 Å². The molecule has 0 saturated carbocycles. The molecule has 0 spiro atoms. The van der Waals surface area contributed by atoms with Crippen LogP contribution in [0.25, 0.3) is 0 Å². The van der Waals surface area contributed by atoms with Crippen LogP contribution < -0.4 is 9.47 Å². The van der Waals surface area contributed by atoms with Crippen LogP contribution in [0.4, 0.5) is 4.39 Å². The Bertz CT molecular complexity index is 514. The zero-order chi connectivity index (χ0) is 11.8. The Morgan fingerprint density at radius 1 is 1.25 bits per heavy atom. The second-order valence-electron chi connectivity index (χ2n) is 3.24. The molecule has 0 aliphatic carbocycles. The normalized spacial score (nSPS) is 14.9. The molecule has 16 heavy (non-hydrogen) atoms. The summed E-state index contributed by atoms with van der Waals surface area (Å²) in [6, 6.07) is 2.45. The standard InChI is InChI=1S/C9H8ClFO4S/c10-16(12,13)5-6-1-2-7(11)9-8(6)14-3-4-15-9/h1-2H,3-5H2. The third-order valence-corrected chi connectivity index (χ3v) is 3.03. The second-order valence-corrected chi connectivity index (χ2v) is 6.02. The Morgan fingerprint density at radius 2 is 1.88 bits per heavy atom. The van der Waals surface area contributed by atoms with Crippen molar-refractivity contribution >= 4 is 19.7 Å². The molecule has 1 aliphatic rings. The first-order valence-electron chi connectivity index (χ1n) is 4.47. The minimum atomic E-state index is -3.71. The van der Waals surface area contributed by atoms with E-state index in [1.165, 1.54) is 6.07 Å². The number of fused-ring (bicyclic) bond motifs is 1. The summed E-state index contributed by atoms with van der Waals surface area (Å²) in [6.45, 7) is 0.493. The number of hydrogen-bond acceptors (Lipinski definition) is 4. The number of hydrogen-bond donors (Lipinski definition) is 0. The van der Waals surface area contributed by atoms with Gasteiger partial charge in [0.15, 0.2) is 17.3 Å². The highest BCUT2D eigenvalue weighted by Gasteiger charge is 2.22. The lowest BCUT2D eigenvalue weighted by Crippen LogP contribution is -2.18. The molecule has 0 amide bonds. The topological polar surface area (TPSA) is 52.6 Å². The van der Waals surface area contributed by atoms with Gasteiger partial charge in [0.2, 0.25) is 9.05 Å². The van der Waals surface area contributed by atoms with Gasteiger partial charge >= 0.3 is 0 Å². The fraction of sp³-hybridized carbons (Fsp3) is 0.333. The molecule has 1 aromatic carbocycles. The van der Waals surface area contributed by atoms with Crippen molar-refractivity contribution in [3.8, 4) is 11.5 Å². The summed E-state index contributed by atoms with van der Waals surface area (Å²) in [5.41, 5.74) is 0.297. The molecule has 0 bridgehead atoms. The first kappa shape index (κ1) is 11.5. The molecule has 0 aromatic heterocycles. The molecule has 1 heterocycles. The highest BCUT2D eigenvalue weighted by Crippen LogP contribution is 2.37. The van der Waals surface area contributed by atoms with Crippen molar-refractivity contribution in [2.24, 2.45) is 0 Å². The van der Waals surface area contributed by atoms with E-state index in [4.69, 9.17) is 20.2 Å². The molecule has 7 heteroatoms. The van der Waals surface area contributed by atoms with Crippen LogP contribution in [0, 0.1) is 5.82 Å². The lowest BCUT2D eigenvalue weighted by molar-refractivity contribution is 0.163. The Balaban J connectivity index is 2.47. The van der Waals surface area contributed by atoms with E-state index in [0.717, 1.165) is 6.07 Å². The molecule has 0 unspecified atom stereocenters. The Morgan fingerprint density at radius 3 is 2.50 bits per heavy atom. The molecule has 0 fully saturated rings. The van der Waals surface area contributed by atoms with Crippen molar-refractivity contribution in [1.29, 1.82) is 0 Å². The van der Waals surface area contributed by atoms with Gasteiger partial charge < -0.3 is 9.47 Å². The first-order valence-corrected chi connectivity index (χ1v) is 6.94. The second kappa shape index (κ2) is 4.10. The van der Waals surface area contributed by atoms with E-state index in [0.29, 0.717) is 5.56 Å². The molecule has 2 rings (SSSR count). The summed E-state index contributed by atoms with van der Waals surface area (Å²) >= 11 is 0. The SMILES string of the molecule is O=S(=O)(Cl)Cc1ccc(F)c2c1OCCO2. The number of rotatable bonds is 2. The van der Waals surface area contributed by atoms with Gasteiger partial charge in [-0.1, -0.05) is 6.07 Å². The van der Waals surface area contributed by atoms with Crippen LogP contribution in [0.2, 0.25) is 0 Å². The summed E-state index contributed by atoms with van der Waals surface area (Å²) < 4.78 is 45.5. The van der Waals surface area contributed by atoms with Crippen LogP contribution in [0.1, 0.15) is 5.56 Å². The maximum atomic E-state index is 13.3. The van der Waals surface area contributed by atoms with Crippen LogP contribution in [0.15, 0.2) is 12.1 Å². The third kappa shape index (κ3) is 2.38. The van der Waals surface area contributed by atoms with Gasteiger partial charge in [-0.25, -0.2) is 12.8 Å². The summed E-state index contributed by atoms with van der Waals surface area (Å²) in [6.07, 6.45) is 0. The fourth-order valence-electron chi connectivity index (χ4n) is 1.46. The van der Waals surface area contributed by atoms with Crippen molar-refractivity contribution in [1.82, 2.24) is 0 Å². The Kier molecular flexibility index (Phi) is 2.94. The van der Waals surface area contributed by atoms with Crippen LogP contribution in [0.3, 0.4) is 0 Å². The van der Waals surface area contributed by atoms with E-state index in [-0.39, 0.29) is 24.7 Å². The highest BCUT2D eigenvalue weighted by atomic mass is 35.7. The van der Waals surface area contributed by atoms with Gasteiger partial charge in [0.1, 0.15) is 13.2 Å². The van der Waals surface area contributed by atoms with Crippen LogP contribution in [-0.4, -0.2) is 21.6 Å². The summed E-state index contributed by atoms with van der Waals surface area (Å²) in [5.74, 6) is -0.925. The quantitative estimate of drug-likeness (QED) is 0.764. The van der Waals surface area contributed by atoms with Crippen LogP contribution >= 0.6 is 10.7 Å². The molecule has 0 N–H and O–H groups in total. The molecule has 1 aliphatic heterocycles. The number of halogens is 2. The zero-order valence-electron chi connectivity index (χ0n) is 8.07. The Labute approximate surface area is 96.3 Å².